The molecule has 2 aliphatic carbocycles. The smallest absolute Gasteiger partial charge is 0.172 e. The SMILES string of the molecule is C=C[C@@H]1C[C@H](CC2CC(CCOCc3ccccc3)O[C@@]3(C[C@H](C)CC[C@H]3C(C)C)O2)O[C@@]2(C[C@H](C)CC[C@H]2C(C)C)O1. The second-order valence-electron chi connectivity index (χ2n) is 15.2. The zero-order chi connectivity index (χ0) is 30.6. The maximum absolute atomic E-state index is 7.20. The third-order valence-corrected chi connectivity index (χ3v) is 10.9. The van der Waals surface area contributed by atoms with Crippen molar-refractivity contribution >= 4 is 0 Å². The molecule has 0 aromatic heterocycles. The summed E-state index contributed by atoms with van der Waals surface area (Å²) in [7, 11) is 0. The lowest BCUT2D eigenvalue weighted by molar-refractivity contribution is -0.377. The van der Waals surface area contributed by atoms with Crippen molar-refractivity contribution < 1.29 is 23.7 Å². The lowest BCUT2D eigenvalue weighted by atomic mass is 9.71. The molecule has 2 spiro atoms. The van der Waals surface area contributed by atoms with Gasteiger partial charge in [-0.25, -0.2) is 0 Å². The van der Waals surface area contributed by atoms with E-state index in [0.29, 0.717) is 48.7 Å². The fourth-order valence-corrected chi connectivity index (χ4v) is 8.86. The van der Waals surface area contributed by atoms with Gasteiger partial charge in [0.15, 0.2) is 11.6 Å². The van der Waals surface area contributed by atoms with Gasteiger partial charge < -0.3 is 23.7 Å². The van der Waals surface area contributed by atoms with Gasteiger partial charge in [-0.05, 0) is 48.5 Å². The van der Waals surface area contributed by atoms with Crippen LogP contribution in [0.15, 0.2) is 43.0 Å². The van der Waals surface area contributed by atoms with E-state index >= 15 is 0 Å². The molecular formula is C38H60O5. The van der Waals surface area contributed by atoms with E-state index in [9.17, 15) is 0 Å². The van der Waals surface area contributed by atoms with Crippen LogP contribution in [0.4, 0.5) is 0 Å². The van der Waals surface area contributed by atoms with E-state index in [0.717, 1.165) is 51.4 Å². The van der Waals surface area contributed by atoms with Crippen LogP contribution in [0.2, 0.25) is 0 Å². The van der Waals surface area contributed by atoms with Crippen molar-refractivity contribution in [2.24, 2.45) is 35.5 Å². The maximum atomic E-state index is 7.20. The zero-order valence-corrected chi connectivity index (χ0v) is 28.0. The highest BCUT2D eigenvalue weighted by atomic mass is 16.7. The summed E-state index contributed by atoms with van der Waals surface area (Å²) in [5.41, 5.74) is 1.21. The van der Waals surface area contributed by atoms with Gasteiger partial charge in [-0.15, -0.1) is 6.58 Å². The van der Waals surface area contributed by atoms with Gasteiger partial charge in [0.1, 0.15) is 0 Å². The predicted molar refractivity (Wildman–Crippen MR) is 172 cm³/mol. The highest BCUT2D eigenvalue weighted by molar-refractivity contribution is 5.13. The summed E-state index contributed by atoms with van der Waals surface area (Å²) in [4.78, 5) is 0. The lowest BCUT2D eigenvalue weighted by Crippen LogP contribution is -2.59. The minimum absolute atomic E-state index is 0.0133. The van der Waals surface area contributed by atoms with Crippen molar-refractivity contribution in [1.82, 2.24) is 0 Å². The van der Waals surface area contributed by atoms with E-state index in [1.807, 2.05) is 12.1 Å². The fourth-order valence-electron chi connectivity index (χ4n) is 8.86. The molecule has 2 unspecified atom stereocenters. The van der Waals surface area contributed by atoms with Crippen molar-refractivity contribution in [2.75, 3.05) is 6.61 Å². The molecule has 4 fully saturated rings. The van der Waals surface area contributed by atoms with E-state index in [-0.39, 0.29) is 24.4 Å². The summed E-state index contributed by atoms with van der Waals surface area (Å²) in [6.45, 7) is 19.5. The topological polar surface area (TPSA) is 46.2 Å². The minimum Gasteiger partial charge on any atom is -0.377 e. The second-order valence-corrected chi connectivity index (χ2v) is 15.2. The second kappa shape index (κ2) is 14.5. The van der Waals surface area contributed by atoms with Crippen LogP contribution in [0, 0.1) is 35.5 Å². The summed E-state index contributed by atoms with van der Waals surface area (Å²) in [5, 5.41) is 0. The molecule has 1 aromatic carbocycles. The summed E-state index contributed by atoms with van der Waals surface area (Å²) in [5.74, 6) is 1.94. The van der Waals surface area contributed by atoms with Crippen LogP contribution in [0.5, 0.6) is 0 Å². The summed E-state index contributed by atoms with van der Waals surface area (Å²) in [6.07, 6.45) is 12.5. The van der Waals surface area contributed by atoms with E-state index in [1.165, 1.54) is 18.4 Å². The van der Waals surface area contributed by atoms with Gasteiger partial charge in [-0.2, -0.15) is 0 Å². The third kappa shape index (κ3) is 7.95. The number of ether oxygens (including phenoxy) is 5. The van der Waals surface area contributed by atoms with Crippen LogP contribution in [0.25, 0.3) is 0 Å². The molecule has 5 nitrogen and oxygen atoms in total. The Morgan fingerprint density at radius 2 is 1.35 bits per heavy atom. The standard InChI is InChI=1S/C38H60O5/c1-8-31-20-33(42-37(40-31)23-28(6)14-16-35(37)26(2)3)22-34-21-32(18-19-39-25-30-12-10-9-11-13-30)41-38(43-34)24-29(7)15-17-36(38)27(4)5/h8-13,26-29,31-36H,1,14-25H2,2-7H3/t28-,29-,31-,32?,33-,34?,35+,36+,37-,38+/m1/s1. The van der Waals surface area contributed by atoms with Crippen LogP contribution >= 0.6 is 0 Å². The Hall–Kier alpha value is -1.24. The van der Waals surface area contributed by atoms with E-state index in [4.69, 9.17) is 23.7 Å². The quantitative estimate of drug-likeness (QED) is 0.199. The molecule has 10 atom stereocenters. The molecule has 242 valence electrons. The zero-order valence-electron chi connectivity index (χ0n) is 28.0. The Kier molecular flexibility index (Phi) is 11.1. The molecular weight excluding hydrogens is 536 g/mol. The maximum Gasteiger partial charge on any atom is 0.172 e. The largest absolute Gasteiger partial charge is 0.377 e. The van der Waals surface area contributed by atoms with Gasteiger partial charge in [0.25, 0.3) is 0 Å². The molecule has 0 amide bonds. The number of hydrogen-bond acceptors (Lipinski definition) is 5. The van der Waals surface area contributed by atoms with Crippen LogP contribution < -0.4 is 0 Å². The summed E-state index contributed by atoms with van der Waals surface area (Å²) in [6, 6.07) is 10.4. The molecule has 2 aliphatic heterocycles. The van der Waals surface area contributed by atoms with Gasteiger partial charge in [-0.1, -0.05) is 90.8 Å². The van der Waals surface area contributed by atoms with Crippen molar-refractivity contribution in [1.29, 1.82) is 0 Å². The van der Waals surface area contributed by atoms with E-state index < -0.39 is 11.6 Å². The molecule has 4 aliphatic rings. The van der Waals surface area contributed by atoms with Gasteiger partial charge in [0.2, 0.25) is 0 Å². The monoisotopic (exact) mass is 596 g/mol. The van der Waals surface area contributed by atoms with Gasteiger partial charge in [0, 0.05) is 50.5 Å². The first-order valence-corrected chi connectivity index (χ1v) is 17.6. The Morgan fingerprint density at radius 3 is 1.93 bits per heavy atom. The normalized spacial score (nSPS) is 40.4. The third-order valence-electron chi connectivity index (χ3n) is 10.9. The Balaban J connectivity index is 1.33. The molecule has 1 aromatic rings. The van der Waals surface area contributed by atoms with Crippen molar-refractivity contribution in [3.63, 3.8) is 0 Å². The van der Waals surface area contributed by atoms with Crippen molar-refractivity contribution in [3.05, 3.63) is 48.6 Å². The first-order chi connectivity index (χ1) is 20.6. The van der Waals surface area contributed by atoms with Crippen molar-refractivity contribution in [3.8, 4) is 0 Å². The molecule has 2 heterocycles. The molecule has 5 rings (SSSR count). The van der Waals surface area contributed by atoms with E-state index in [2.05, 4.69) is 72.4 Å². The Bertz CT molecular complexity index is 1010. The molecule has 2 saturated heterocycles. The van der Waals surface area contributed by atoms with Gasteiger partial charge in [-0.3, -0.25) is 0 Å². The van der Waals surface area contributed by atoms with E-state index in [1.54, 1.807) is 0 Å². The van der Waals surface area contributed by atoms with Crippen LogP contribution in [0.3, 0.4) is 0 Å². The van der Waals surface area contributed by atoms with Crippen LogP contribution in [0.1, 0.15) is 111 Å². The molecule has 0 N–H and O–H groups in total. The Labute approximate surface area is 262 Å². The van der Waals surface area contributed by atoms with Crippen LogP contribution in [-0.4, -0.2) is 42.6 Å². The molecule has 0 bridgehead atoms. The average molecular weight is 597 g/mol. The van der Waals surface area contributed by atoms with Crippen molar-refractivity contribution in [2.45, 2.75) is 148 Å². The molecule has 43 heavy (non-hydrogen) atoms. The summed E-state index contributed by atoms with van der Waals surface area (Å²) >= 11 is 0. The molecule has 0 radical (unpaired) electrons. The number of benzene rings is 1. The predicted octanol–water partition coefficient (Wildman–Crippen LogP) is 9.09. The Morgan fingerprint density at radius 1 is 0.791 bits per heavy atom. The van der Waals surface area contributed by atoms with Gasteiger partial charge in [0.05, 0.1) is 31.0 Å². The highest BCUT2D eigenvalue weighted by Gasteiger charge is 2.54. The average Bonchev–Trinajstić information content (AvgIpc) is 2.95. The number of rotatable bonds is 10. The summed E-state index contributed by atoms with van der Waals surface area (Å²) < 4.78 is 34.3. The van der Waals surface area contributed by atoms with Crippen LogP contribution in [-0.2, 0) is 30.3 Å². The first-order valence-electron chi connectivity index (χ1n) is 17.6. The number of hydrogen-bond donors (Lipinski definition) is 0. The highest BCUT2D eigenvalue weighted by Crippen LogP contribution is 2.51. The lowest BCUT2D eigenvalue weighted by Gasteiger charge is -2.55. The fraction of sp³-hybridized carbons (Fsp3) is 0.789. The first kappa shape index (κ1) is 33.1. The van der Waals surface area contributed by atoms with Gasteiger partial charge >= 0.3 is 0 Å². The molecule has 2 saturated carbocycles. The minimum atomic E-state index is -0.528. The molecule has 5 heteroatoms.